The number of anilines is 1. The van der Waals surface area contributed by atoms with Crippen LogP contribution in [0.25, 0.3) is 0 Å². The molecule has 1 fully saturated rings. The molecule has 1 amide bonds. The molecule has 1 N–H and O–H groups in total. The molecular weight excluding hydrogens is 305 g/mol. The Morgan fingerprint density at radius 2 is 2.09 bits per heavy atom. The first-order chi connectivity index (χ1) is 10.9. The summed E-state index contributed by atoms with van der Waals surface area (Å²) in [6, 6.07) is 3.92. The van der Waals surface area contributed by atoms with Gasteiger partial charge in [0.2, 0.25) is 5.82 Å². The molecule has 0 radical (unpaired) electrons. The molecule has 0 aliphatic carbocycles. The number of carbonyl (C=O) groups is 1. The van der Waals surface area contributed by atoms with Gasteiger partial charge in [-0.1, -0.05) is 6.07 Å². The van der Waals surface area contributed by atoms with E-state index in [1.165, 1.54) is 12.1 Å². The van der Waals surface area contributed by atoms with Crippen LogP contribution in [-0.2, 0) is 4.74 Å². The molecule has 1 aromatic rings. The van der Waals surface area contributed by atoms with E-state index >= 15 is 0 Å². The number of piperidine rings is 1. The van der Waals surface area contributed by atoms with Gasteiger partial charge in [0.1, 0.15) is 5.69 Å². The Labute approximate surface area is 133 Å². The van der Waals surface area contributed by atoms with Crippen LogP contribution in [0.5, 0.6) is 0 Å². The Kier molecular flexibility index (Phi) is 5.36. The number of ether oxygens (including phenoxy) is 1. The maximum atomic E-state index is 13.6. The Morgan fingerprint density at radius 3 is 2.65 bits per heavy atom. The number of hydrogen-bond acceptors (Lipinski definition) is 5. The lowest BCUT2D eigenvalue weighted by molar-refractivity contribution is -0.386. The monoisotopic (exact) mass is 325 g/mol. The average Bonchev–Trinajstić information content (AvgIpc) is 2.47. The zero-order chi connectivity index (χ0) is 17.0. The van der Waals surface area contributed by atoms with Gasteiger partial charge in [-0.05, 0) is 38.8 Å². The average molecular weight is 325 g/mol. The largest absolute Gasteiger partial charge is 0.447 e. The number of likely N-dealkylation sites (tertiary alicyclic amines) is 1. The van der Waals surface area contributed by atoms with Crippen molar-refractivity contribution >= 4 is 17.5 Å². The van der Waals surface area contributed by atoms with Crippen LogP contribution in [0, 0.1) is 15.9 Å². The summed E-state index contributed by atoms with van der Waals surface area (Å²) in [5.74, 6) is -0.863. The van der Waals surface area contributed by atoms with Gasteiger partial charge in [0.15, 0.2) is 0 Å². The quantitative estimate of drug-likeness (QED) is 0.679. The zero-order valence-corrected chi connectivity index (χ0v) is 13.1. The van der Waals surface area contributed by atoms with E-state index in [0.717, 1.165) is 6.07 Å². The van der Waals surface area contributed by atoms with Crippen LogP contribution in [0.3, 0.4) is 0 Å². The minimum atomic E-state index is -0.863. The molecule has 0 unspecified atom stereocenters. The molecule has 1 aliphatic rings. The highest BCUT2D eigenvalue weighted by atomic mass is 19.1. The summed E-state index contributed by atoms with van der Waals surface area (Å²) in [5, 5.41) is 14.0. The summed E-state index contributed by atoms with van der Waals surface area (Å²) in [6.07, 6.45) is 0.699. The second kappa shape index (κ2) is 7.26. The minimum Gasteiger partial charge on any atom is -0.447 e. The van der Waals surface area contributed by atoms with Gasteiger partial charge in [-0.25, -0.2) is 4.79 Å². The van der Waals surface area contributed by atoms with Crippen molar-refractivity contribution < 1.29 is 18.8 Å². The van der Waals surface area contributed by atoms with Gasteiger partial charge in [-0.3, -0.25) is 10.1 Å². The summed E-state index contributed by atoms with van der Waals surface area (Å²) in [6.45, 7) is 4.56. The Balaban J connectivity index is 1.96. The number of carbonyl (C=O) groups excluding carboxylic acids is 1. The Bertz CT molecular complexity index is 586. The number of nitro benzene ring substituents is 1. The van der Waals surface area contributed by atoms with Crippen LogP contribution in [0.4, 0.5) is 20.6 Å². The molecule has 126 valence electrons. The van der Waals surface area contributed by atoms with Gasteiger partial charge >= 0.3 is 11.8 Å². The molecule has 0 aromatic heterocycles. The Hall–Kier alpha value is -2.38. The van der Waals surface area contributed by atoms with Crippen molar-refractivity contribution in [1.82, 2.24) is 4.90 Å². The maximum Gasteiger partial charge on any atom is 0.410 e. The van der Waals surface area contributed by atoms with E-state index < -0.39 is 16.4 Å². The van der Waals surface area contributed by atoms with E-state index in [4.69, 9.17) is 4.74 Å². The molecule has 7 nitrogen and oxygen atoms in total. The fourth-order valence-electron chi connectivity index (χ4n) is 2.52. The first-order valence-corrected chi connectivity index (χ1v) is 7.53. The number of nitrogens with zero attached hydrogens (tertiary/aromatic N) is 2. The van der Waals surface area contributed by atoms with Crippen molar-refractivity contribution in [2.45, 2.75) is 38.8 Å². The lowest BCUT2D eigenvalue weighted by Gasteiger charge is -2.32. The normalized spacial score (nSPS) is 15.6. The molecule has 0 spiro atoms. The summed E-state index contributed by atoms with van der Waals surface area (Å²) >= 11 is 0. The fourth-order valence-corrected chi connectivity index (χ4v) is 2.52. The molecule has 8 heteroatoms. The number of benzene rings is 1. The summed E-state index contributed by atoms with van der Waals surface area (Å²) in [4.78, 5) is 23.7. The SMILES string of the molecule is CC(C)OC(=O)N1CCC(Nc2cccc(F)c2[N+](=O)[O-])CC1. The van der Waals surface area contributed by atoms with Crippen LogP contribution in [0.15, 0.2) is 18.2 Å². The predicted molar refractivity (Wildman–Crippen MR) is 82.9 cm³/mol. The number of nitro groups is 1. The van der Waals surface area contributed by atoms with Crippen LogP contribution in [0.2, 0.25) is 0 Å². The predicted octanol–water partition coefficient (Wildman–Crippen LogP) is 3.16. The topological polar surface area (TPSA) is 84.7 Å². The lowest BCUT2D eigenvalue weighted by Crippen LogP contribution is -2.43. The van der Waals surface area contributed by atoms with Crippen LogP contribution >= 0.6 is 0 Å². The van der Waals surface area contributed by atoms with Gasteiger partial charge in [-0.2, -0.15) is 4.39 Å². The van der Waals surface area contributed by atoms with Crippen molar-refractivity contribution in [2.75, 3.05) is 18.4 Å². The highest BCUT2D eigenvalue weighted by molar-refractivity contribution is 5.68. The van der Waals surface area contributed by atoms with Crippen molar-refractivity contribution in [3.8, 4) is 0 Å². The van der Waals surface area contributed by atoms with Crippen molar-refractivity contribution in [3.05, 3.63) is 34.1 Å². The van der Waals surface area contributed by atoms with Gasteiger partial charge < -0.3 is 15.0 Å². The molecule has 0 bridgehead atoms. The van der Waals surface area contributed by atoms with Gasteiger partial charge in [0.25, 0.3) is 0 Å². The summed E-state index contributed by atoms with van der Waals surface area (Å²) < 4.78 is 18.7. The number of nitrogens with one attached hydrogen (secondary N) is 1. The molecule has 1 aromatic carbocycles. The van der Waals surface area contributed by atoms with Crippen LogP contribution in [0.1, 0.15) is 26.7 Å². The Morgan fingerprint density at radius 1 is 1.43 bits per heavy atom. The molecule has 2 rings (SSSR count). The van der Waals surface area contributed by atoms with Gasteiger partial charge in [-0.15, -0.1) is 0 Å². The molecule has 1 saturated heterocycles. The number of hydrogen-bond donors (Lipinski definition) is 1. The van der Waals surface area contributed by atoms with E-state index in [9.17, 15) is 19.3 Å². The van der Waals surface area contributed by atoms with E-state index in [2.05, 4.69) is 5.32 Å². The van der Waals surface area contributed by atoms with Crippen LogP contribution < -0.4 is 5.32 Å². The summed E-state index contributed by atoms with van der Waals surface area (Å²) in [7, 11) is 0. The second-order valence-corrected chi connectivity index (χ2v) is 5.73. The molecule has 1 aliphatic heterocycles. The third kappa shape index (κ3) is 4.30. The first-order valence-electron chi connectivity index (χ1n) is 7.53. The van der Waals surface area contributed by atoms with Crippen molar-refractivity contribution in [1.29, 1.82) is 0 Å². The standard InChI is InChI=1S/C15H20FN3O4/c1-10(2)23-15(20)18-8-6-11(7-9-18)17-13-5-3-4-12(16)14(13)19(21)22/h3-5,10-11,17H,6-9H2,1-2H3. The van der Waals surface area contributed by atoms with E-state index in [0.29, 0.717) is 25.9 Å². The first kappa shape index (κ1) is 17.0. The highest BCUT2D eigenvalue weighted by Crippen LogP contribution is 2.29. The molecule has 0 saturated carbocycles. The molecule has 1 heterocycles. The highest BCUT2D eigenvalue weighted by Gasteiger charge is 2.27. The third-order valence-electron chi connectivity index (χ3n) is 3.62. The maximum absolute atomic E-state index is 13.6. The molecular formula is C15H20FN3O4. The van der Waals surface area contributed by atoms with Gasteiger partial charge in [0.05, 0.1) is 11.0 Å². The minimum absolute atomic E-state index is 0.0569. The van der Waals surface area contributed by atoms with E-state index in [-0.39, 0.29) is 23.9 Å². The number of rotatable bonds is 4. The van der Waals surface area contributed by atoms with E-state index in [1.807, 2.05) is 0 Å². The summed E-state index contributed by atoms with van der Waals surface area (Å²) in [5.41, 5.74) is -0.382. The molecule has 23 heavy (non-hydrogen) atoms. The molecule has 0 atom stereocenters. The fraction of sp³-hybridized carbons (Fsp3) is 0.533. The smallest absolute Gasteiger partial charge is 0.410 e. The van der Waals surface area contributed by atoms with Crippen LogP contribution in [-0.4, -0.2) is 41.2 Å². The van der Waals surface area contributed by atoms with Crippen molar-refractivity contribution in [2.24, 2.45) is 0 Å². The second-order valence-electron chi connectivity index (χ2n) is 5.73. The van der Waals surface area contributed by atoms with Crippen molar-refractivity contribution in [3.63, 3.8) is 0 Å². The lowest BCUT2D eigenvalue weighted by atomic mass is 10.0. The third-order valence-corrected chi connectivity index (χ3v) is 3.62. The van der Waals surface area contributed by atoms with Gasteiger partial charge in [0, 0.05) is 19.1 Å². The number of halogens is 1. The number of amides is 1. The van der Waals surface area contributed by atoms with E-state index in [1.54, 1.807) is 18.7 Å². The zero-order valence-electron chi connectivity index (χ0n) is 13.1. The number of para-hydroxylation sites is 1.